The molecular weight excluding hydrogens is 480 g/mol. The van der Waals surface area contributed by atoms with Crippen molar-refractivity contribution in [2.75, 3.05) is 19.6 Å². The van der Waals surface area contributed by atoms with Crippen molar-refractivity contribution in [2.24, 2.45) is 11.7 Å². The number of carbonyl (C=O) groups is 3. The minimum Gasteiger partial charge on any atom is -0.390 e. The summed E-state index contributed by atoms with van der Waals surface area (Å²) in [6, 6.07) is 12.5. The lowest BCUT2D eigenvalue weighted by molar-refractivity contribution is -0.142. The van der Waals surface area contributed by atoms with Crippen molar-refractivity contribution in [2.45, 2.75) is 64.1 Å². The van der Waals surface area contributed by atoms with E-state index < -0.39 is 24.1 Å². The maximum Gasteiger partial charge on any atom is 0.243 e. The molecule has 2 aromatic rings. The Bertz CT molecular complexity index is 1030. The normalized spacial score (nSPS) is 16.9. The van der Waals surface area contributed by atoms with Crippen molar-refractivity contribution in [3.8, 4) is 0 Å². The largest absolute Gasteiger partial charge is 0.390 e. The van der Waals surface area contributed by atoms with Crippen LogP contribution in [0.4, 0.5) is 0 Å². The second-order valence-electron chi connectivity index (χ2n) is 9.28. The average molecular weight is 519 g/mol. The molecule has 1 unspecified atom stereocenters. The van der Waals surface area contributed by atoms with E-state index in [1.54, 1.807) is 4.90 Å². The topological polar surface area (TPSA) is 125 Å². The zero-order valence-electron chi connectivity index (χ0n) is 21.1. The van der Waals surface area contributed by atoms with Gasteiger partial charge in [-0.3, -0.25) is 14.4 Å². The minimum absolute atomic E-state index is 0. The second kappa shape index (κ2) is 14.2. The quantitative estimate of drug-likeness (QED) is 0.363. The first-order chi connectivity index (χ1) is 16.9. The number of benzene rings is 2. The highest BCUT2D eigenvalue weighted by Crippen LogP contribution is 2.23. The summed E-state index contributed by atoms with van der Waals surface area (Å²) in [6.45, 7) is 4.55. The van der Waals surface area contributed by atoms with Crippen LogP contribution in [-0.2, 0) is 20.8 Å². The Morgan fingerprint density at radius 2 is 1.81 bits per heavy atom. The molecule has 1 aliphatic heterocycles. The van der Waals surface area contributed by atoms with Crippen LogP contribution >= 0.6 is 12.4 Å². The Morgan fingerprint density at radius 3 is 2.47 bits per heavy atom. The SMILES string of the molecule is CCC(CC)C(=O)N1CCC[C@H]1C(=O)N[C@H](Cc1ccc2ccccc2c1)C(=O)NCC(O)CN.Cl. The number of nitrogens with two attached hydrogens (primary N) is 1. The molecular formula is C27H39ClN4O4. The van der Waals surface area contributed by atoms with E-state index in [1.807, 2.05) is 56.3 Å². The molecule has 8 nitrogen and oxygen atoms in total. The highest BCUT2D eigenvalue weighted by atomic mass is 35.5. The highest BCUT2D eigenvalue weighted by Gasteiger charge is 2.37. The van der Waals surface area contributed by atoms with E-state index in [-0.39, 0.29) is 49.6 Å². The van der Waals surface area contributed by atoms with Crippen LogP contribution in [-0.4, -0.2) is 65.5 Å². The zero-order chi connectivity index (χ0) is 25.4. The lowest BCUT2D eigenvalue weighted by Crippen LogP contribution is -2.55. The van der Waals surface area contributed by atoms with E-state index in [0.29, 0.717) is 13.0 Å². The number of amides is 3. The number of rotatable bonds is 11. The molecule has 1 fully saturated rings. The van der Waals surface area contributed by atoms with Gasteiger partial charge in [0.25, 0.3) is 0 Å². The van der Waals surface area contributed by atoms with Crippen molar-refractivity contribution in [1.82, 2.24) is 15.5 Å². The van der Waals surface area contributed by atoms with Gasteiger partial charge in [-0.05, 0) is 42.0 Å². The Kier molecular flexibility index (Phi) is 11.6. The molecule has 3 atom stereocenters. The molecule has 1 aliphatic rings. The number of likely N-dealkylation sites (tertiary alicyclic amines) is 1. The van der Waals surface area contributed by atoms with Gasteiger partial charge in [0.15, 0.2) is 0 Å². The molecule has 5 N–H and O–H groups in total. The van der Waals surface area contributed by atoms with Crippen LogP contribution < -0.4 is 16.4 Å². The van der Waals surface area contributed by atoms with Crippen molar-refractivity contribution < 1.29 is 19.5 Å². The summed E-state index contributed by atoms with van der Waals surface area (Å²) in [5, 5.41) is 17.5. The fourth-order valence-electron chi connectivity index (χ4n) is 4.68. The smallest absolute Gasteiger partial charge is 0.243 e. The van der Waals surface area contributed by atoms with Crippen LogP contribution in [0, 0.1) is 5.92 Å². The molecule has 9 heteroatoms. The van der Waals surface area contributed by atoms with Gasteiger partial charge in [-0.25, -0.2) is 0 Å². The van der Waals surface area contributed by atoms with Crippen LogP contribution in [0.5, 0.6) is 0 Å². The number of fused-ring (bicyclic) bond motifs is 1. The number of aliphatic hydroxyl groups excluding tert-OH is 1. The van der Waals surface area contributed by atoms with Crippen LogP contribution in [0.2, 0.25) is 0 Å². The first kappa shape index (κ1) is 29.5. The molecule has 3 amide bonds. The van der Waals surface area contributed by atoms with Gasteiger partial charge in [0.1, 0.15) is 12.1 Å². The fourth-order valence-corrected chi connectivity index (χ4v) is 4.68. The monoisotopic (exact) mass is 518 g/mol. The number of halogens is 1. The standard InChI is InChI=1S/C27H38N4O4.ClH/c1-3-19(4-2)27(35)31-13-7-10-24(31)26(34)30-23(25(33)29-17-22(32)16-28)15-18-11-12-20-8-5-6-9-21(20)14-18;/h5-6,8-9,11-12,14,19,22-24,32H,3-4,7,10,13,15-17,28H2,1-2H3,(H,29,33)(H,30,34);1H/t22?,23-,24+;/m1./s1. The highest BCUT2D eigenvalue weighted by molar-refractivity contribution is 5.93. The van der Waals surface area contributed by atoms with Crippen LogP contribution in [0.3, 0.4) is 0 Å². The van der Waals surface area contributed by atoms with Gasteiger partial charge in [0.05, 0.1) is 6.10 Å². The molecule has 0 aromatic heterocycles. The Hall–Kier alpha value is -2.68. The van der Waals surface area contributed by atoms with Crippen molar-refractivity contribution in [3.63, 3.8) is 0 Å². The number of carbonyl (C=O) groups excluding carboxylic acids is 3. The van der Waals surface area contributed by atoms with Gasteiger partial charge in [-0.1, -0.05) is 56.3 Å². The Morgan fingerprint density at radius 1 is 1.11 bits per heavy atom. The molecule has 0 aliphatic carbocycles. The first-order valence-electron chi connectivity index (χ1n) is 12.6. The minimum atomic E-state index is -0.862. The van der Waals surface area contributed by atoms with Gasteiger partial charge in [-0.2, -0.15) is 0 Å². The molecule has 36 heavy (non-hydrogen) atoms. The number of aliphatic hydroxyl groups is 1. The number of nitrogens with zero attached hydrogens (tertiary/aromatic N) is 1. The zero-order valence-corrected chi connectivity index (χ0v) is 21.9. The molecule has 1 saturated heterocycles. The lowest BCUT2D eigenvalue weighted by Gasteiger charge is -2.29. The third-order valence-corrected chi connectivity index (χ3v) is 6.84. The van der Waals surface area contributed by atoms with E-state index >= 15 is 0 Å². The van der Waals surface area contributed by atoms with Gasteiger partial charge < -0.3 is 26.4 Å². The second-order valence-corrected chi connectivity index (χ2v) is 9.28. The predicted octanol–water partition coefficient (Wildman–Crippen LogP) is 2.15. The lowest BCUT2D eigenvalue weighted by atomic mass is 10.00. The molecule has 0 bridgehead atoms. The predicted molar refractivity (Wildman–Crippen MR) is 144 cm³/mol. The molecule has 0 saturated carbocycles. The summed E-state index contributed by atoms with van der Waals surface area (Å²) in [6.07, 6.45) is 2.22. The van der Waals surface area contributed by atoms with E-state index in [1.165, 1.54) is 0 Å². The summed E-state index contributed by atoms with van der Waals surface area (Å²) in [7, 11) is 0. The summed E-state index contributed by atoms with van der Waals surface area (Å²) in [5.41, 5.74) is 6.36. The summed E-state index contributed by atoms with van der Waals surface area (Å²) in [4.78, 5) is 41.0. The number of hydrogen-bond donors (Lipinski definition) is 4. The molecule has 0 radical (unpaired) electrons. The van der Waals surface area contributed by atoms with E-state index in [0.717, 1.165) is 35.6 Å². The van der Waals surface area contributed by atoms with Gasteiger partial charge >= 0.3 is 0 Å². The van der Waals surface area contributed by atoms with Crippen LogP contribution in [0.15, 0.2) is 42.5 Å². The van der Waals surface area contributed by atoms with Crippen LogP contribution in [0.25, 0.3) is 10.8 Å². The third kappa shape index (κ3) is 7.41. The molecule has 1 heterocycles. The average Bonchev–Trinajstić information content (AvgIpc) is 3.37. The molecule has 3 rings (SSSR count). The maximum absolute atomic E-state index is 13.3. The van der Waals surface area contributed by atoms with Gasteiger partial charge in [-0.15, -0.1) is 12.4 Å². The van der Waals surface area contributed by atoms with E-state index in [9.17, 15) is 19.5 Å². The Balaban J connectivity index is 0.00000456. The fraction of sp³-hybridized carbons (Fsp3) is 0.519. The number of hydrogen-bond acceptors (Lipinski definition) is 5. The van der Waals surface area contributed by atoms with E-state index in [2.05, 4.69) is 10.6 Å². The Labute approximate surface area is 219 Å². The summed E-state index contributed by atoms with van der Waals surface area (Å²) < 4.78 is 0. The van der Waals surface area contributed by atoms with Crippen molar-refractivity contribution in [3.05, 3.63) is 48.0 Å². The molecule has 198 valence electrons. The van der Waals surface area contributed by atoms with Crippen molar-refractivity contribution >= 4 is 40.9 Å². The third-order valence-electron chi connectivity index (χ3n) is 6.84. The first-order valence-corrected chi connectivity index (χ1v) is 12.6. The van der Waals surface area contributed by atoms with Gasteiger partial charge in [0.2, 0.25) is 17.7 Å². The summed E-state index contributed by atoms with van der Waals surface area (Å²) >= 11 is 0. The molecule has 0 spiro atoms. The number of nitrogens with one attached hydrogen (secondary N) is 2. The van der Waals surface area contributed by atoms with E-state index in [4.69, 9.17) is 5.73 Å². The van der Waals surface area contributed by atoms with Crippen molar-refractivity contribution in [1.29, 1.82) is 0 Å². The maximum atomic E-state index is 13.3. The summed E-state index contributed by atoms with van der Waals surface area (Å²) in [5.74, 6) is -0.802. The van der Waals surface area contributed by atoms with Gasteiger partial charge in [0, 0.05) is 32.0 Å². The van der Waals surface area contributed by atoms with Crippen LogP contribution in [0.1, 0.15) is 45.1 Å². The molecule has 2 aromatic carbocycles.